The van der Waals surface area contributed by atoms with Crippen LogP contribution in [0.2, 0.25) is 0 Å². The van der Waals surface area contributed by atoms with Crippen LogP contribution in [0.4, 0.5) is 8.78 Å². The molecule has 0 aliphatic carbocycles. The van der Waals surface area contributed by atoms with Crippen LogP contribution >= 0.6 is 0 Å². The molecule has 1 N–H and O–H groups in total. The normalized spacial score (nSPS) is 10.9. The Morgan fingerprint density at radius 3 is 2.74 bits per heavy atom. The highest BCUT2D eigenvalue weighted by molar-refractivity contribution is 5.92. The van der Waals surface area contributed by atoms with Gasteiger partial charge in [0.15, 0.2) is 0 Å². The summed E-state index contributed by atoms with van der Waals surface area (Å²) in [5, 5.41) is 2.71. The van der Waals surface area contributed by atoms with E-state index in [9.17, 15) is 13.6 Å². The van der Waals surface area contributed by atoms with Crippen molar-refractivity contribution in [3.8, 4) is 5.75 Å². The summed E-state index contributed by atoms with van der Waals surface area (Å²) in [6.45, 7) is -2.47. The Morgan fingerprint density at radius 1 is 1.22 bits per heavy atom. The van der Waals surface area contributed by atoms with E-state index in [-0.39, 0.29) is 11.7 Å². The van der Waals surface area contributed by atoms with E-state index in [1.54, 1.807) is 24.4 Å². The Balaban J connectivity index is 1.86. The Hall–Kier alpha value is -2.76. The third-order valence-electron chi connectivity index (χ3n) is 2.96. The molecule has 1 aromatic carbocycles. The molecule has 0 saturated carbocycles. The minimum Gasteiger partial charge on any atom is -0.434 e. The number of para-hydroxylation sites is 1. The van der Waals surface area contributed by atoms with Crippen LogP contribution in [0.5, 0.6) is 5.75 Å². The molecule has 0 fully saturated rings. The minimum atomic E-state index is -2.91. The number of rotatable bonds is 7. The Morgan fingerprint density at radius 2 is 2.00 bits per heavy atom. The molecule has 4 nitrogen and oxygen atoms in total. The Bertz CT molecular complexity index is 661. The molecule has 1 heterocycles. The maximum Gasteiger partial charge on any atom is 0.387 e. The summed E-state index contributed by atoms with van der Waals surface area (Å²) in [6, 6.07) is 11.9. The lowest BCUT2D eigenvalue weighted by molar-refractivity contribution is -0.116. The number of aromatic nitrogens is 1. The van der Waals surface area contributed by atoms with Crippen molar-refractivity contribution in [1.82, 2.24) is 10.3 Å². The van der Waals surface area contributed by atoms with Crippen molar-refractivity contribution >= 4 is 12.0 Å². The summed E-state index contributed by atoms with van der Waals surface area (Å²) in [4.78, 5) is 15.9. The number of nitrogens with one attached hydrogen (secondary N) is 1. The molecule has 23 heavy (non-hydrogen) atoms. The molecule has 1 amide bonds. The maximum atomic E-state index is 12.3. The molecule has 0 bridgehead atoms. The topological polar surface area (TPSA) is 51.2 Å². The quantitative estimate of drug-likeness (QED) is 0.798. The van der Waals surface area contributed by atoms with Gasteiger partial charge in [-0.15, -0.1) is 0 Å². The van der Waals surface area contributed by atoms with E-state index in [0.717, 1.165) is 5.69 Å². The molecule has 0 aliphatic heterocycles. The van der Waals surface area contributed by atoms with Gasteiger partial charge >= 0.3 is 6.61 Å². The van der Waals surface area contributed by atoms with Gasteiger partial charge in [-0.25, -0.2) is 0 Å². The lowest BCUT2D eigenvalue weighted by Crippen LogP contribution is -2.23. The summed E-state index contributed by atoms with van der Waals surface area (Å²) in [5.41, 5.74) is 1.29. The fourth-order valence-electron chi connectivity index (χ4n) is 1.91. The third kappa shape index (κ3) is 5.86. The first-order chi connectivity index (χ1) is 11.1. The second-order valence-electron chi connectivity index (χ2n) is 4.61. The number of benzene rings is 1. The smallest absolute Gasteiger partial charge is 0.387 e. The predicted octanol–water partition coefficient (Wildman–Crippen LogP) is 3.06. The number of halogens is 2. The number of hydrogen-bond donors (Lipinski definition) is 1. The molecule has 6 heteroatoms. The molecule has 120 valence electrons. The number of amides is 1. The van der Waals surface area contributed by atoms with Gasteiger partial charge in [0, 0.05) is 36.5 Å². The lowest BCUT2D eigenvalue weighted by Gasteiger charge is -2.07. The van der Waals surface area contributed by atoms with Crippen LogP contribution in [0.1, 0.15) is 11.3 Å². The number of carbonyl (C=O) groups excluding carboxylic acids is 1. The SMILES string of the molecule is O=C(C=Cc1ccccc1OC(F)F)NCCc1ccccn1. The standard InChI is InChI=1S/C17H16F2N2O2/c18-17(19)23-15-7-2-1-5-13(15)8-9-16(22)21-12-10-14-6-3-4-11-20-14/h1-9,11,17H,10,12H2,(H,21,22). The van der Waals surface area contributed by atoms with Gasteiger partial charge in [0.25, 0.3) is 0 Å². The van der Waals surface area contributed by atoms with Crippen LogP contribution in [0.3, 0.4) is 0 Å². The van der Waals surface area contributed by atoms with Gasteiger partial charge in [-0.05, 0) is 24.3 Å². The van der Waals surface area contributed by atoms with Crippen molar-refractivity contribution in [2.24, 2.45) is 0 Å². The average molecular weight is 318 g/mol. The highest BCUT2D eigenvalue weighted by Gasteiger charge is 2.07. The summed E-state index contributed by atoms with van der Waals surface area (Å²) in [5.74, 6) is -0.284. The van der Waals surface area contributed by atoms with E-state index >= 15 is 0 Å². The summed E-state index contributed by atoms with van der Waals surface area (Å²) in [7, 11) is 0. The van der Waals surface area contributed by atoms with Crippen LogP contribution < -0.4 is 10.1 Å². The van der Waals surface area contributed by atoms with Gasteiger partial charge in [-0.3, -0.25) is 9.78 Å². The third-order valence-corrected chi connectivity index (χ3v) is 2.96. The van der Waals surface area contributed by atoms with Crippen molar-refractivity contribution in [2.75, 3.05) is 6.54 Å². The van der Waals surface area contributed by atoms with Gasteiger partial charge < -0.3 is 10.1 Å². The van der Waals surface area contributed by atoms with Gasteiger partial charge in [-0.2, -0.15) is 8.78 Å². The van der Waals surface area contributed by atoms with Crippen molar-refractivity contribution < 1.29 is 18.3 Å². The van der Waals surface area contributed by atoms with Gasteiger partial charge in [-0.1, -0.05) is 24.3 Å². The molecule has 2 rings (SSSR count). The molecule has 0 radical (unpaired) electrons. The lowest BCUT2D eigenvalue weighted by atomic mass is 10.2. The van der Waals surface area contributed by atoms with E-state index in [4.69, 9.17) is 0 Å². The molecule has 2 aromatic rings. The van der Waals surface area contributed by atoms with E-state index < -0.39 is 6.61 Å². The molecular weight excluding hydrogens is 302 g/mol. The number of carbonyl (C=O) groups is 1. The van der Waals surface area contributed by atoms with Crippen LogP contribution in [0.25, 0.3) is 6.08 Å². The molecule has 0 spiro atoms. The highest BCUT2D eigenvalue weighted by Crippen LogP contribution is 2.21. The molecule has 0 unspecified atom stereocenters. The van der Waals surface area contributed by atoms with Gasteiger partial charge in [0.2, 0.25) is 5.91 Å². The van der Waals surface area contributed by atoms with Crippen molar-refractivity contribution in [1.29, 1.82) is 0 Å². The Labute approximate surface area is 132 Å². The van der Waals surface area contributed by atoms with E-state index in [1.165, 1.54) is 18.2 Å². The average Bonchev–Trinajstić information content (AvgIpc) is 2.54. The number of ether oxygens (including phenoxy) is 1. The molecule has 0 aliphatic rings. The van der Waals surface area contributed by atoms with E-state index in [2.05, 4.69) is 15.0 Å². The predicted molar refractivity (Wildman–Crippen MR) is 83.1 cm³/mol. The van der Waals surface area contributed by atoms with Crippen LogP contribution in [0, 0.1) is 0 Å². The zero-order chi connectivity index (χ0) is 16.5. The minimum absolute atomic E-state index is 0.0278. The number of alkyl halides is 2. The van der Waals surface area contributed by atoms with Crippen LogP contribution in [-0.4, -0.2) is 24.0 Å². The maximum absolute atomic E-state index is 12.3. The zero-order valence-electron chi connectivity index (χ0n) is 12.3. The molecule has 0 atom stereocenters. The molecule has 1 aromatic heterocycles. The van der Waals surface area contributed by atoms with Crippen LogP contribution in [-0.2, 0) is 11.2 Å². The zero-order valence-corrected chi connectivity index (χ0v) is 12.3. The largest absolute Gasteiger partial charge is 0.434 e. The van der Waals surface area contributed by atoms with Crippen molar-refractivity contribution in [3.63, 3.8) is 0 Å². The fraction of sp³-hybridized carbons (Fsp3) is 0.176. The first-order valence-corrected chi connectivity index (χ1v) is 7.05. The molecule has 0 saturated heterocycles. The second-order valence-corrected chi connectivity index (χ2v) is 4.61. The fourth-order valence-corrected chi connectivity index (χ4v) is 1.91. The first-order valence-electron chi connectivity index (χ1n) is 7.05. The number of nitrogens with zero attached hydrogens (tertiary/aromatic N) is 1. The van der Waals surface area contributed by atoms with E-state index in [1.807, 2.05) is 18.2 Å². The first kappa shape index (κ1) is 16.6. The second kappa shape index (κ2) is 8.63. The van der Waals surface area contributed by atoms with Gasteiger partial charge in [0.1, 0.15) is 5.75 Å². The molecular formula is C17H16F2N2O2. The van der Waals surface area contributed by atoms with E-state index in [0.29, 0.717) is 18.5 Å². The number of pyridine rings is 1. The van der Waals surface area contributed by atoms with Crippen LogP contribution in [0.15, 0.2) is 54.7 Å². The van der Waals surface area contributed by atoms with Crippen molar-refractivity contribution in [2.45, 2.75) is 13.0 Å². The van der Waals surface area contributed by atoms with Crippen molar-refractivity contribution in [3.05, 3.63) is 66.0 Å². The summed E-state index contributed by atoms with van der Waals surface area (Å²) >= 11 is 0. The van der Waals surface area contributed by atoms with Gasteiger partial charge in [0.05, 0.1) is 0 Å². The summed E-state index contributed by atoms with van der Waals surface area (Å²) < 4.78 is 29.0. The monoisotopic (exact) mass is 318 g/mol. The Kier molecular flexibility index (Phi) is 6.23. The summed E-state index contributed by atoms with van der Waals surface area (Å²) in [6.07, 6.45) is 5.03. The highest BCUT2D eigenvalue weighted by atomic mass is 19.3. The number of hydrogen-bond acceptors (Lipinski definition) is 3.